The molecular weight excluding hydrogens is 244 g/mol. The van der Waals surface area contributed by atoms with Crippen LogP contribution in [0.2, 0.25) is 0 Å². The monoisotopic (exact) mass is 268 g/mol. The van der Waals surface area contributed by atoms with E-state index in [1.165, 1.54) is 16.8 Å². The molecule has 0 aliphatic heterocycles. The molecule has 0 bridgehead atoms. The summed E-state index contributed by atoms with van der Waals surface area (Å²) in [6.07, 6.45) is 1.15. The molecule has 0 fully saturated rings. The number of benzene rings is 2. The quantitative estimate of drug-likeness (QED) is 0.827. The molecular formula is C18H24N2. The molecule has 106 valence electrons. The predicted octanol–water partition coefficient (Wildman–Crippen LogP) is 4.10. The second-order valence-electron chi connectivity index (χ2n) is 5.86. The predicted molar refractivity (Wildman–Crippen MR) is 87.9 cm³/mol. The third kappa shape index (κ3) is 4.02. The molecule has 0 radical (unpaired) electrons. The van der Waals surface area contributed by atoms with Crippen LogP contribution in [0.3, 0.4) is 0 Å². The molecule has 0 amide bonds. The largest absolute Gasteiger partial charge is 0.399 e. The Morgan fingerprint density at radius 1 is 0.900 bits per heavy atom. The van der Waals surface area contributed by atoms with Gasteiger partial charge in [0.25, 0.3) is 0 Å². The van der Waals surface area contributed by atoms with E-state index in [4.69, 9.17) is 5.73 Å². The topological polar surface area (TPSA) is 29.3 Å². The molecule has 0 heterocycles. The van der Waals surface area contributed by atoms with E-state index in [2.05, 4.69) is 62.2 Å². The fraction of sp³-hybridized carbons (Fsp3) is 0.333. The highest BCUT2D eigenvalue weighted by Gasteiger charge is 2.03. The highest BCUT2D eigenvalue weighted by molar-refractivity contribution is 5.52. The summed E-state index contributed by atoms with van der Waals surface area (Å²) < 4.78 is 0. The zero-order chi connectivity index (χ0) is 14.5. The number of hydrogen-bond acceptors (Lipinski definition) is 2. The Kier molecular flexibility index (Phi) is 4.67. The molecule has 0 aliphatic carbocycles. The molecule has 0 aliphatic rings. The second kappa shape index (κ2) is 6.47. The molecule has 0 saturated heterocycles. The molecule has 0 atom stereocenters. The third-order valence-corrected chi connectivity index (χ3v) is 3.42. The van der Waals surface area contributed by atoms with Crippen molar-refractivity contribution in [2.24, 2.45) is 5.92 Å². The Labute approximate surface area is 122 Å². The SMILES string of the molecule is CC(C)Cc1ccc(CN(C)c2ccc(N)cc2)cc1. The Morgan fingerprint density at radius 3 is 2.00 bits per heavy atom. The van der Waals surface area contributed by atoms with Gasteiger partial charge in [-0.2, -0.15) is 0 Å². The van der Waals surface area contributed by atoms with Crippen molar-refractivity contribution in [1.29, 1.82) is 0 Å². The maximum atomic E-state index is 5.72. The third-order valence-electron chi connectivity index (χ3n) is 3.42. The van der Waals surface area contributed by atoms with Gasteiger partial charge in [0.2, 0.25) is 0 Å². The molecule has 2 nitrogen and oxygen atoms in total. The first-order chi connectivity index (χ1) is 9.54. The average molecular weight is 268 g/mol. The zero-order valence-electron chi connectivity index (χ0n) is 12.6. The van der Waals surface area contributed by atoms with Crippen molar-refractivity contribution in [3.8, 4) is 0 Å². The van der Waals surface area contributed by atoms with Crippen LogP contribution in [0.5, 0.6) is 0 Å². The van der Waals surface area contributed by atoms with Crippen molar-refractivity contribution in [3.63, 3.8) is 0 Å². The van der Waals surface area contributed by atoms with Crippen LogP contribution in [-0.4, -0.2) is 7.05 Å². The Balaban J connectivity index is 2.00. The van der Waals surface area contributed by atoms with Gasteiger partial charge in [-0.1, -0.05) is 38.1 Å². The van der Waals surface area contributed by atoms with Crippen LogP contribution in [-0.2, 0) is 13.0 Å². The normalized spacial score (nSPS) is 10.8. The molecule has 2 aromatic rings. The summed E-state index contributed by atoms with van der Waals surface area (Å²) in [5.41, 5.74) is 10.5. The number of nitrogens with two attached hydrogens (primary N) is 1. The van der Waals surface area contributed by atoms with Gasteiger partial charge in [-0.25, -0.2) is 0 Å². The van der Waals surface area contributed by atoms with Gasteiger partial charge in [0.05, 0.1) is 0 Å². The smallest absolute Gasteiger partial charge is 0.0426 e. The van der Waals surface area contributed by atoms with E-state index >= 15 is 0 Å². The summed E-state index contributed by atoms with van der Waals surface area (Å²) >= 11 is 0. The van der Waals surface area contributed by atoms with Crippen molar-refractivity contribution in [3.05, 3.63) is 59.7 Å². The standard InChI is InChI=1S/C18H24N2/c1-14(2)12-15-4-6-16(7-5-15)13-20(3)18-10-8-17(19)9-11-18/h4-11,14H,12-13,19H2,1-3H3. The number of hydrogen-bond donors (Lipinski definition) is 1. The van der Waals surface area contributed by atoms with E-state index in [1.807, 2.05) is 12.1 Å². The van der Waals surface area contributed by atoms with Crippen molar-refractivity contribution >= 4 is 11.4 Å². The molecule has 0 unspecified atom stereocenters. The van der Waals surface area contributed by atoms with E-state index < -0.39 is 0 Å². The van der Waals surface area contributed by atoms with Crippen molar-refractivity contribution in [2.45, 2.75) is 26.8 Å². The first kappa shape index (κ1) is 14.4. The molecule has 20 heavy (non-hydrogen) atoms. The lowest BCUT2D eigenvalue weighted by molar-refractivity contribution is 0.647. The Hall–Kier alpha value is -1.96. The minimum atomic E-state index is 0.707. The minimum Gasteiger partial charge on any atom is -0.399 e. The van der Waals surface area contributed by atoms with Crippen LogP contribution in [0.1, 0.15) is 25.0 Å². The minimum absolute atomic E-state index is 0.707. The summed E-state index contributed by atoms with van der Waals surface area (Å²) in [6, 6.07) is 16.9. The zero-order valence-corrected chi connectivity index (χ0v) is 12.6. The number of rotatable bonds is 5. The van der Waals surface area contributed by atoms with Crippen LogP contribution in [0, 0.1) is 5.92 Å². The van der Waals surface area contributed by atoms with Gasteiger partial charge in [-0.15, -0.1) is 0 Å². The van der Waals surface area contributed by atoms with Crippen molar-refractivity contribution in [2.75, 3.05) is 17.7 Å². The molecule has 2 rings (SSSR count). The number of anilines is 2. The lowest BCUT2D eigenvalue weighted by Crippen LogP contribution is -2.16. The van der Waals surface area contributed by atoms with E-state index in [0.717, 1.165) is 18.7 Å². The molecule has 0 saturated carbocycles. The lowest BCUT2D eigenvalue weighted by atomic mass is 10.0. The van der Waals surface area contributed by atoms with Crippen LogP contribution < -0.4 is 10.6 Å². The molecule has 0 aromatic heterocycles. The fourth-order valence-corrected chi connectivity index (χ4v) is 2.35. The Bertz CT molecular complexity index is 526. The maximum absolute atomic E-state index is 5.72. The maximum Gasteiger partial charge on any atom is 0.0426 e. The van der Waals surface area contributed by atoms with Gasteiger partial charge in [0, 0.05) is 25.0 Å². The van der Waals surface area contributed by atoms with Gasteiger partial charge < -0.3 is 10.6 Å². The molecule has 0 spiro atoms. The lowest BCUT2D eigenvalue weighted by Gasteiger charge is -2.19. The van der Waals surface area contributed by atoms with Crippen LogP contribution >= 0.6 is 0 Å². The number of nitrogen functional groups attached to an aromatic ring is 1. The highest BCUT2D eigenvalue weighted by atomic mass is 15.1. The van der Waals surface area contributed by atoms with Crippen LogP contribution in [0.4, 0.5) is 11.4 Å². The van der Waals surface area contributed by atoms with Crippen LogP contribution in [0.15, 0.2) is 48.5 Å². The van der Waals surface area contributed by atoms with E-state index in [0.29, 0.717) is 5.92 Å². The van der Waals surface area contributed by atoms with Gasteiger partial charge in [-0.3, -0.25) is 0 Å². The Morgan fingerprint density at radius 2 is 1.45 bits per heavy atom. The second-order valence-corrected chi connectivity index (χ2v) is 5.86. The molecule has 2 aromatic carbocycles. The van der Waals surface area contributed by atoms with Gasteiger partial charge in [0.15, 0.2) is 0 Å². The summed E-state index contributed by atoms with van der Waals surface area (Å²) in [5, 5.41) is 0. The van der Waals surface area contributed by atoms with E-state index in [-0.39, 0.29) is 0 Å². The van der Waals surface area contributed by atoms with Crippen LogP contribution in [0.25, 0.3) is 0 Å². The summed E-state index contributed by atoms with van der Waals surface area (Å²) in [4.78, 5) is 2.23. The van der Waals surface area contributed by atoms with E-state index in [1.54, 1.807) is 0 Å². The van der Waals surface area contributed by atoms with Crippen molar-refractivity contribution < 1.29 is 0 Å². The molecule has 2 heteroatoms. The number of nitrogens with zero attached hydrogens (tertiary/aromatic N) is 1. The average Bonchev–Trinajstić information content (AvgIpc) is 2.41. The van der Waals surface area contributed by atoms with Gasteiger partial charge in [-0.05, 0) is 47.7 Å². The first-order valence-electron chi connectivity index (χ1n) is 7.19. The van der Waals surface area contributed by atoms with Gasteiger partial charge >= 0.3 is 0 Å². The highest BCUT2D eigenvalue weighted by Crippen LogP contribution is 2.18. The summed E-state index contributed by atoms with van der Waals surface area (Å²) in [6.45, 7) is 5.41. The summed E-state index contributed by atoms with van der Waals surface area (Å²) in [7, 11) is 2.10. The van der Waals surface area contributed by atoms with E-state index in [9.17, 15) is 0 Å². The first-order valence-corrected chi connectivity index (χ1v) is 7.19. The fourth-order valence-electron chi connectivity index (χ4n) is 2.35. The molecule has 2 N–H and O–H groups in total. The van der Waals surface area contributed by atoms with Gasteiger partial charge in [0.1, 0.15) is 0 Å². The van der Waals surface area contributed by atoms with Crippen molar-refractivity contribution in [1.82, 2.24) is 0 Å². The summed E-state index contributed by atoms with van der Waals surface area (Å²) in [5.74, 6) is 0.707.